The van der Waals surface area contributed by atoms with Gasteiger partial charge in [0, 0.05) is 18.8 Å². The van der Waals surface area contributed by atoms with Crippen molar-refractivity contribution in [2.75, 3.05) is 12.3 Å². The van der Waals surface area contributed by atoms with Gasteiger partial charge in [-0.3, -0.25) is 14.5 Å². The van der Waals surface area contributed by atoms with Gasteiger partial charge in [-0.05, 0) is 43.4 Å². The average molecular weight is 381 g/mol. The molecular formula is C21H27N5O2. The number of aryl methyl sites for hydroxylation is 1. The van der Waals surface area contributed by atoms with Crippen molar-refractivity contribution in [2.24, 2.45) is 5.73 Å². The third-order valence-electron chi connectivity index (χ3n) is 5.49. The van der Waals surface area contributed by atoms with Crippen LogP contribution in [0.15, 0.2) is 42.5 Å². The summed E-state index contributed by atoms with van der Waals surface area (Å²) in [6.45, 7) is 4.65. The van der Waals surface area contributed by atoms with E-state index in [0.29, 0.717) is 25.3 Å². The predicted molar refractivity (Wildman–Crippen MR) is 108 cm³/mol. The number of nitrogens with two attached hydrogens (primary N) is 2. The standard InChI is InChI=1S/C21H27N5O2/c1-13-16(8-9-19(22)25-13)11-24-21(28)14(2)26-12-17(10-18(26)20(23)27)15-6-4-3-5-7-15/h3-9,14,17-18H,10-12H2,1-2H3,(H2,22,25)(H2,23,27)(H,24,28)/t14-,17?,18?/m0/s1. The molecule has 0 radical (unpaired) electrons. The zero-order valence-electron chi connectivity index (χ0n) is 16.3. The molecule has 28 heavy (non-hydrogen) atoms. The van der Waals surface area contributed by atoms with E-state index in [1.807, 2.05) is 55.1 Å². The SMILES string of the molecule is Cc1nc(N)ccc1CNC(=O)[C@H](C)N1CC(c2ccccc2)CC1C(N)=O. The van der Waals surface area contributed by atoms with Gasteiger partial charge < -0.3 is 16.8 Å². The first-order valence-corrected chi connectivity index (χ1v) is 9.46. The molecule has 3 rings (SSSR count). The van der Waals surface area contributed by atoms with Crippen LogP contribution >= 0.6 is 0 Å². The molecule has 1 aliphatic rings. The van der Waals surface area contributed by atoms with Crippen LogP contribution in [-0.4, -0.2) is 40.3 Å². The van der Waals surface area contributed by atoms with E-state index in [9.17, 15) is 9.59 Å². The van der Waals surface area contributed by atoms with Crippen LogP contribution in [0.4, 0.5) is 5.82 Å². The first kappa shape index (κ1) is 19.8. The quantitative estimate of drug-likeness (QED) is 0.698. The van der Waals surface area contributed by atoms with Gasteiger partial charge in [0.2, 0.25) is 11.8 Å². The lowest BCUT2D eigenvalue weighted by Crippen LogP contribution is -2.51. The fraction of sp³-hybridized carbons (Fsp3) is 0.381. The monoisotopic (exact) mass is 381 g/mol. The van der Waals surface area contributed by atoms with Crippen molar-refractivity contribution in [2.45, 2.75) is 44.8 Å². The van der Waals surface area contributed by atoms with Crippen molar-refractivity contribution in [3.8, 4) is 0 Å². The van der Waals surface area contributed by atoms with Gasteiger partial charge in [0.1, 0.15) is 5.82 Å². The van der Waals surface area contributed by atoms with Gasteiger partial charge in [-0.15, -0.1) is 0 Å². The van der Waals surface area contributed by atoms with Crippen molar-refractivity contribution < 1.29 is 9.59 Å². The number of carbonyl (C=O) groups excluding carboxylic acids is 2. The van der Waals surface area contributed by atoms with E-state index >= 15 is 0 Å². The molecular weight excluding hydrogens is 354 g/mol. The second-order valence-corrected chi connectivity index (χ2v) is 7.33. The highest BCUT2D eigenvalue weighted by molar-refractivity contribution is 5.84. The van der Waals surface area contributed by atoms with Gasteiger partial charge >= 0.3 is 0 Å². The smallest absolute Gasteiger partial charge is 0.237 e. The lowest BCUT2D eigenvalue weighted by molar-refractivity contribution is -0.129. The average Bonchev–Trinajstić information content (AvgIpc) is 3.13. The van der Waals surface area contributed by atoms with Crippen molar-refractivity contribution in [3.05, 3.63) is 59.3 Å². The molecule has 7 nitrogen and oxygen atoms in total. The number of nitrogens with one attached hydrogen (secondary N) is 1. The first-order chi connectivity index (χ1) is 13.4. The highest BCUT2D eigenvalue weighted by atomic mass is 16.2. The number of primary amides is 1. The summed E-state index contributed by atoms with van der Waals surface area (Å²) in [4.78, 5) is 30.9. The van der Waals surface area contributed by atoms with E-state index in [4.69, 9.17) is 11.5 Å². The molecule has 1 aromatic carbocycles. The van der Waals surface area contributed by atoms with E-state index in [0.717, 1.165) is 16.8 Å². The van der Waals surface area contributed by atoms with Crippen LogP contribution in [-0.2, 0) is 16.1 Å². The molecule has 148 valence electrons. The van der Waals surface area contributed by atoms with Gasteiger partial charge in [0.05, 0.1) is 12.1 Å². The summed E-state index contributed by atoms with van der Waals surface area (Å²) in [6, 6.07) is 12.7. The summed E-state index contributed by atoms with van der Waals surface area (Å²) in [6.07, 6.45) is 0.623. The molecule has 0 bridgehead atoms. The molecule has 7 heteroatoms. The normalized spacial score (nSPS) is 20.6. The zero-order chi connectivity index (χ0) is 20.3. The maximum absolute atomic E-state index is 12.7. The van der Waals surface area contributed by atoms with Gasteiger partial charge in [-0.25, -0.2) is 4.98 Å². The Kier molecular flexibility index (Phi) is 5.94. The number of pyridine rings is 1. The molecule has 0 aliphatic carbocycles. The van der Waals surface area contributed by atoms with E-state index in [1.165, 1.54) is 0 Å². The Morgan fingerprint density at radius 3 is 2.61 bits per heavy atom. The van der Waals surface area contributed by atoms with Crippen molar-refractivity contribution in [3.63, 3.8) is 0 Å². The third-order valence-corrected chi connectivity index (χ3v) is 5.49. The molecule has 3 atom stereocenters. The van der Waals surface area contributed by atoms with Gasteiger partial charge in [-0.1, -0.05) is 36.4 Å². The second kappa shape index (κ2) is 8.39. The summed E-state index contributed by atoms with van der Waals surface area (Å²) in [5, 5.41) is 2.94. The topological polar surface area (TPSA) is 114 Å². The minimum absolute atomic E-state index is 0.142. The van der Waals surface area contributed by atoms with E-state index in [2.05, 4.69) is 10.3 Å². The zero-order valence-corrected chi connectivity index (χ0v) is 16.3. The number of rotatable bonds is 6. The molecule has 1 aliphatic heterocycles. The molecule has 1 saturated heterocycles. The minimum Gasteiger partial charge on any atom is -0.384 e. The lowest BCUT2D eigenvalue weighted by atomic mass is 9.96. The highest BCUT2D eigenvalue weighted by Crippen LogP contribution is 2.33. The number of hydrogen-bond donors (Lipinski definition) is 3. The summed E-state index contributed by atoms with van der Waals surface area (Å²) in [5.74, 6) is 0.0969. The number of nitrogen functional groups attached to an aromatic ring is 1. The Bertz CT molecular complexity index is 855. The van der Waals surface area contributed by atoms with Crippen molar-refractivity contribution in [1.82, 2.24) is 15.2 Å². The molecule has 0 saturated carbocycles. The fourth-order valence-electron chi connectivity index (χ4n) is 3.81. The Morgan fingerprint density at radius 1 is 1.25 bits per heavy atom. The van der Waals surface area contributed by atoms with Crippen LogP contribution in [0.5, 0.6) is 0 Å². The van der Waals surface area contributed by atoms with Crippen LogP contribution in [0.1, 0.15) is 36.1 Å². The molecule has 2 unspecified atom stereocenters. The minimum atomic E-state index is -0.465. The van der Waals surface area contributed by atoms with Crippen LogP contribution in [0, 0.1) is 6.92 Å². The fourth-order valence-corrected chi connectivity index (χ4v) is 3.81. The van der Waals surface area contributed by atoms with Crippen LogP contribution < -0.4 is 16.8 Å². The number of likely N-dealkylation sites (tertiary alicyclic amines) is 1. The molecule has 1 aromatic heterocycles. The van der Waals surface area contributed by atoms with Crippen molar-refractivity contribution >= 4 is 17.6 Å². The Morgan fingerprint density at radius 2 is 1.96 bits per heavy atom. The number of hydrogen-bond acceptors (Lipinski definition) is 5. The first-order valence-electron chi connectivity index (χ1n) is 9.46. The van der Waals surface area contributed by atoms with Gasteiger partial charge in [0.15, 0.2) is 0 Å². The highest BCUT2D eigenvalue weighted by Gasteiger charge is 2.40. The number of amides is 2. The van der Waals surface area contributed by atoms with Crippen molar-refractivity contribution in [1.29, 1.82) is 0 Å². The maximum Gasteiger partial charge on any atom is 0.237 e. The van der Waals surface area contributed by atoms with E-state index in [1.54, 1.807) is 6.07 Å². The molecule has 2 heterocycles. The number of carbonyl (C=O) groups is 2. The Hall–Kier alpha value is -2.93. The van der Waals surface area contributed by atoms with Gasteiger partial charge in [-0.2, -0.15) is 0 Å². The van der Waals surface area contributed by atoms with E-state index in [-0.39, 0.29) is 11.8 Å². The lowest BCUT2D eigenvalue weighted by Gasteiger charge is -2.28. The van der Waals surface area contributed by atoms with Gasteiger partial charge in [0.25, 0.3) is 0 Å². The molecule has 2 amide bonds. The predicted octanol–water partition coefficient (Wildman–Crippen LogP) is 1.32. The molecule has 2 aromatic rings. The van der Waals surface area contributed by atoms with E-state index < -0.39 is 18.0 Å². The maximum atomic E-state index is 12.7. The molecule has 0 spiro atoms. The summed E-state index contributed by atoms with van der Waals surface area (Å²) in [5.41, 5.74) is 14.2. The largest absolute Gasteiger partial charge is 0.384 e. The summed E-state index contributed by atoms with van der Waals surface area (Å²) < 4.78 is 0. The van der Waals surface area contributed by atoms with Crippen LogP contribution in [0.2, 0.25) is 0 Å². The number of aromatic nitrogens is 1. The Balaban J connectivity index is 1.67. The number of anilines is 1. The molecule has 1 fully saturated rings. The van der Waals surface area contributed by atoms with Crippen LogP contribution in [0.3, 0.4) is 0 Å². The summed E-state index contributed by atoms with van der Waals surface area (Å²) in [7, 11) is 0. The third kappa shape index (κ3) is 4.31. The van der Waals surface area contributed by atoms with Crippen LogP contribution in [0.25, 0.3) is 0 Å². The molecule has 5 N–H and O–H groups in total. The Labute approximate surface area is 165 Å². The number of nitrogens with zero attached hydrogens (tertiary/aromatic N) is 2. The number of benzene rings is 1. The second-order valence-electron chi connectivity index (χ2n) is 7.33. The summed E-state index contributed by atoms with van der Waals surface area (Å²) >= 11 is 0.